The van der Waals surface area contributed by atoms with E-state index in [0.29, 0.717) is 0 Å². The van der Waals surface area contributed by atoms with E-state index in [2.05, 4.69) is 0 Å². The van der Waals surface area contributed by atoms with Crippen molar-refractivity contribution in [2.75, 3.05) is 0 Å². The number of rotatable bonds is 2. The molecule has 16 heavy (non-hydrogen) atoms. The Morgan fingerprint density at radius 1 is 1.19 bits per heavy atom. The van der Waals surface area contributed by atoms with Gasteiger partial charge in [-0.25, -0.2) is 26.4 Å². The molecule has 0 unspecified atom stereocenters. The fourth-order valence-corrected chi connectivity index (χ4v) is 1.81. The zero-order valence-corrected chi connectivity index (χ0v) is 8.74. The van der Waals surface area contributed by atoms with E-state index >= 15 is 0 Å². The summed E-state index contributed by atoms with van der Waals surface area (Å²) in [6.07, 6.45) is 0. The molecule has 0 aliphatic heterocycles. The summed E-state index contributed by atoms with van der Waals surface area (Å²) in [5.41, 5.74) is -1.32. The Labute approximate surface area is 91.7 Å². The minimum absolute atomic E-state index is 0.110. The lowest BCUT2D eigenvalue weighted by atomic mass is 10.2. The standard InChI is InChI=1S/C7H2ClF3O4S/c8-16(14,15)3-1-2(7(12)13)4(9)6(11)5(3)10/h1H,(H,12,13). The lowest BCUT2D eigenvalue weighted by molar-refractivity contribution is 0.0690. The van der Waals surface area contributed by atoms with Crippen molar-refractivity contribution in [1.29, 1.82) is 0 Å². The molecule has 9 heteroatoms. The molecule has 0 saturated heterocycles. The first-order valence-corrected chi connectivity index (χ1v) is 5.82. The van der Waals surface area contributed by atoms with Crippen molar-refractivity contribution in [1.82, 2.24) is 0 Å². The maximum absolute atomic E-state index is 12.9. The van der Waals surface area contributed by atoms with Gasteiger partial charge in [0.1, 0.15) is 4.90 Å². The van der Waals surface area contributed by atoms with Crippen LogP contribution in [0, 0.1) is 17.5 Å². The average Bonchev–Trinajstić information content (AvgIpc) is 2.11. The highest BCUT2D eigenvalue weighted by Crippen LogP contribution is 2.25. The summed E-state index contributed by atoms with van der Waals surface area (Å²) in [5, 5.41) is 8.40. The van der Waals surface area contributed by atoms with Gasteiger partial charge in [0.15, 0.2) is 17.5 Å². The van der Waals surface area contributed by atoms with E-state index in [4.69, 9.17) is 15.8 Å². The molecule has 0 bridgehead atoms. The van der Waals surface area contributed by atoms with Crippen LogP contribution < -0.4 is 0 Å². The Bertz CT molecular complexity index is 569. The second-order valence-corrected chi connectivity index (χ2v) is 5.14. The lowest BCUT2D eigenvalue weighted by Gasteiger charge is -2.04. The van der Waals surface area contributed by atoms with Crippen LogP contribution in [-0.4, -0.2) is 19.5 Å². The number of benzene rings is 1. The lowest BCUT2D eigenvalue weighted by Crippen LogP contribution is -2.09. The highest BCUT2D eigenvalue weighted by molar-refractivity contribution is 8.13. The van der Waals surface area contributed by atoms with E-state index < -0.39 is 42.9 Å². The summed E-state index contributed by atoms with van der Waals surface area (Å²) in [6, 6.07) is 0.110. The van der Waals surface area contributed by atoms with Crippen LogP contribution in [-0.2, 0) is 9.05 Å². The Kier molecular flexibility index (Phi) is 3.15. The van der Waals surface area contributed by atoms with E-state index in [1.54, 1.807) is 0 Å². The summed E-state index contributed by atoms with van der Waals surface area (Å²) < 4.78 is 60.1. The number of halogens is 4. The molecule has 0 heterocycles. The molecule has 1 aromatic rings. The van der Waals surface area contributed by atoms with Crippen LogP contribution in [0.5, 0.6) is 0 Å². The number of hydrogen-bond donors (Lipinski definition) is 1. The molecule has 1 N–H and O–H groups in total. The molecular weight excluding hydrogens is 273 g/mol. The van der Waals surface area contributed by atoms with Crippen molar-refractivity contribution in [2.45, 2.75) is 4.90 Å². The summed E-state index contributed by atoms with van der Waals surface area (Å²) >= 11 is 0. The third kappa shape index (κ3) is 2.12. The number of aromatic carboxylic acids is 1. The van der Waals surface area contributed by atoms with E-state index in [1.807, 2.05) is 0 Å². The summed E-state index contributed by atoms with van der Waals surface area (Å²) in [5.74, 6) is -8.20. The minimum atomic E-state index is -4.70. The molecule has 0 atom stereocenters. The van der Waals surface area contributed by atoms with Crippen LogP contribution >= 0.6 is 10.7 Å². The van der Waals surface area contributed by atoms with Gasteiger partial charge in [0.25, 0.3) is 9.05 Å². The third-order valence-electron chi connectivity index (χ3n) is 1.61. The van der Waals surface area contributed by atoms with Crippen LogP contribution in [0.15, 0.2) is 11.0 Å². The molecule has 0 fully saturated rings. The number of carbonyl (C=O) groups is 1. The summed E-state index contributed by atoms with van der Waals surface area (Å²) in [6.45, 7) is 0. The summed E-state index contributed by atoms with van der Waals surface area (Å²) in [4.78, 5) is 8.97. The highest BCUT2D eigenvalue weighted by atomic mass is 35.7. The Morgan fingerprint density at radius 3 is 2.06 bits per heavy atom. The largest absolute Gasteiger partial charge is 0.478 e. The molecule has 1 rings (SSSR count). The SMILES string of the molecule is O=C(O)c1cc(S(=O)(=O)Cl)c(F)c(F)c1F. The van der Waals surface area contributed by atoms with Gasteiger partial charge in [-0.3, -0.25) is 0 Å². The molecule has 0 spiro atoms. The van der Waals surface area contributed by atoms with Gasteiger partial charge in [0.05, 0.1) is 5.56 Å². The predicted molar refractivity (Wildman–Crippen MR) is 46.3 cm³/mol. The molecule has 0 aromatic heterocycles. The van der Waals surface area contributed by atoms with Gasteiger partial charge in [-0.05, 0) is 6.07 Å². The molecule has 0 radical (unpaired) electrons. The first-order valence-electron chi connectivity index (χ1n) is 3.51. The van der Waals surface area contributed by atoms with E-state index in [1.165, 1.54) is 0 Å². The van der Waals surface area contributed by atoms with E-state index in [9.17, 15) is 26.4 Å². The van der Waals surface area contributed by atoms with Gasteiger partial charge in [-0.15, -0.1) is 0 Å². The van der Waals surface area contributed by atoms with Gasteiger partial charge in [-0.1, -0.05) is 0 Å². The van der Waals surface area contributed by atoms with E-state index in [-0.39, 0.29) is 6.07 Å². The van der Waals surface area contributed by atoms with Crippen LogP contribution in [0.4, 0.5) is 13.2 Å². The molecular formula is C7H2ClF3O4S. The second-order valence-electron chi connectivity index (χ2n) is 2.61. The van der Waals surface area contributed by atoms with Gasteiger partial charge < -0.3 is 5.11 Å². The topological polar surface area (TPSA) is 71.4 Å². The minimum Gasteiger partial charge on any atom is -0.478 e. The highest BCUT2D eigenvalue weighted by Gasteiger charge is 2.27. The monoisotopic (exact) mass is 274 g/mol. The van der Waals surface area contributed by atoms with E-state index in [0.717, 1.165) is 0 Å². The van der Waals surface area contributed by atoms with Crippen LogP contribution in [0.3, 0.4) is 0 Å². The average molecular weight is 275 g/mol. The molecule has 1 aromatic carbocycles. The van der Waals surface area contributed by atoms with Gasteiger partial charge in [0.2, 0.25) is 0 Å². The van der Waals surface area contributed by atoms with Crippen LogP contribution in [0.1, 0.15) is 10.4 Å². The van der Waals surface area contributed by atoms with Crippen molar-refractivity contribution in [3.05, 3.63) is 29.1 Å². The predicted octanol–water partition coefficient (Wildman–Crippen LogP) is 1.73. The maximum Gasteiger partial charge on any atom is 0.338 e. The number of hydrogen-bond acceptors (Lipinski definition) is 3. The Balaban J connectivity index is 3.74. The maximum atomic E-state index is 12.9. The summed E-state index contributed by atoms with van der Waals surface area (Å²) in [7, 11) is 0.0134. The fourth-order valence-electron chi connectivity index (χ4n) is 0.914. The van der Waals surface area contributed by atoms with Gasteiger partial charge >= 0.3 is 5.97 Å². The van der Waals surface area contributed by atoms with Gasteiger partial charge in [-0.2, -0.15) is 0 Å². The van der Waals surface area contributed by atoms with Crippen molar-refractivity contribution < 1.29 is 31.5 Å². The molecule has 0 aliphatic rings. The number of carboxylic acid groups (broad SMARTS) is 1. The Hall–Kier alpha value is -1.28. The van der Waals surface area contributed by atoms with Crippen molar-refractivity contribution >= 4 is 25.7 Å². The Morgan fingerprint density at radius 2 is 1.69 bits per heavy atom. The molecule has 0 amide bonds. The van der Waals surface area contributed by atoms with Gasteiger partial charge in [0, 0.05) is 10.7 Å². The van der Waals surface area contributed by atoms with Crippen molar-refractivity contribution in [3.8, 4) is 0 Å². The van der Waals surface area contributed by atoms with Crippen molar-refractivity contribution in [2.24, 2.45) is 0 Å². The molecule has 0 aliphatic carbocycles. The van der Waals surface area contributed by atoms with Crippen LogP contribution in [0.2, 0.25) is 0 Å². The van der Waals surface area contributed by atoms with Crippen LogP contribution in [0.25, 0.3) is 0 Å². The smallest absolute Gasteiger partial charge is 0.338 e. The van der Waals surface area contributed by atoms with Crippen molar-refractivity contribution in [3.63, 3.8) is 0 Å². The fraction of sp³-hybridized carbons (Fsp3) is 0. The third-order valence-corrected chi connectivity index (χ3v) is 2.93. The molecule has 0 saturated carbocycles. The quantitative estimate of drug-likeness (QED) is 0.658. The second kappa shape index (κ2) is 3.95. The molecule has 4 nitrogen and oxygen atoms in total. The first kappa shape index (κ1) is 12.8. The molecule has 88 valence electrons. The zero-order chi connectivity index (χ0) is 12.7. The first-order chi connectivity index (χ1) is 7.16. The normalized spacial score (nSPS) is 11.5. The number of carboxylic acids is 1. The zero-order valence-electron chi connectivity index (χ0n) is 7.17.